The number of sulfonamides is 1. The molecule has 5 rings (SSSR count). The Kier molecular flexibility index (Phi) is 11.5. The number of ether oxygens (including phenoxy) is 2. The van der Waals surface area contributed by atoms with Gasteiger partial charge < -0.3 is 30.1 Å². The first-order chi connectivity index (χ1) is 22.9. The van der Waals surface area contributed by atoms with Gasteiger partial charge in [0.1, 0.15) is 11.9 Å². The Bertz CT molecular complexity index is 1590. The maximum absolute atomic E-state index is 15.5. The predicted molar refractivity (Wildman–Crippen MR) is 177 cm³/mol. The lowest BCUT2D eigenvalue weighted by atomic mass is 9.76. The Morgan fingerprint density at radius 1 is 1.08 bits per heavy atom. The molecule has 3 aliphatic rings. The van der Waals surface area contributed by atoms with Gasteiger partial charge in [-0.1, -0.05) is 29.8 Å². The summed E-state index contributed by atoms with van der Waals surface area (Å²) >= 11 is 6.17. The summed E-state index contributed by atoms with van der Waals surface area (Å²) < 4.78 is 54.2. The smallest absolute Gasteiger partial charge is 0.407 e. The quantitative estimate of drug-likeness (QED) is 0.300. The second-order valence-corrected chi connectivity index (χ2v) is 15.3. The van der Waals surface area contributed by atoms with Gasteiger partial charge in [-0.2, -0.15) is 4.31 Å². The van der Waals surface area contributed by atoms with Crippen LogP contribution in [0.2, 0.25) is 5.02 Å². The Labute approximate surface area is 284 Å². The third kappa shape index (κ3) is 8.21. The van der Waals surface area contributed by atoms with Crippen molar-refractivity contribution in [2.24, 2.45) is 5.92 Å². The summed E-state index contributed by atoms with van der Waals surface area (Å²) in [5, 5.41) is 15.3. The third-order valence-corrected chi connectivity index (χ3v) is 12.3. The molecule has 0 spiro atoms. The van der Waals surface area contributed by atoms with Crippen LogP contribution in [0.15, 0.2) is 42.5 Å². The minimum atomic E-state index is -3.67. The molecule has 0 radical (unpaired) electrons. The molecule has 2 aromatic rings. The number of benzene rings is 2. The highest BCUT2D eigenvalue weighted by Crippen LogP contribution is 2.38. The van der Waals surface area contributed by atoms with E-state index in [1.807, 2.05) is 12.1 Å². The highest BCUT2D eigenvalue weighted by Gasteiger charge is 2.48. The molecular weight excluding hydrogens is 667 g/mol. The van der Waals surface area contributed by atoms with Gasteiger partial charge in [-0.15, -0.1) is 0 Å². The number of alkyl carbamates (subject to hydrolysis) is 1. The van der Waals surface area contributed by atoms with Crippen LogP contribution < -0.4 is 10.6 Å². The number of carbonyl (C=O) groups excluding carboxylic acids is 2. The first-order valence-electron chi connectivity index (χ1n) is 16.2. The second kappa shape index (κ2) is 15.4. The number of rotatable bonds is 11. The number of carboxylic acid groups (broad SMARTS) is 1. The molecule has 12 nitrogen and oxygen atoms in total. The van der Waals surface area contributed by atoms with Crippen molar-refractivity contribution in [3.63, 3.8) is 0 Å². The van der Waals surface area contributed by atoms with Crippen LogP contribution in [0.1, 0.15) is 56.1 Å². The van der Waals surface area contributed by atoms with E-state index in [1.54, 1.807) is 25.1 Å². The monoisotopic (exact) mass is 708 g/mol. The molecule has 48 heavy (non-hydrogen) atoms. The van der Waals surface area contributed by atoms with E-state index in [9.17, 15) is 27.9 Å². The summed E-state index contributed by atoms with van der Waals surface area (Å²) in [7, 11) is -2.47. The number of hydrogen-bond donors (Lipinski definition) is 3. The Morgan fingerprint density at radius 2 is 1.77 bits per heavy atom. The summed E-state index contributed by atoms with van der Waals surface area (Å²) in [6, 6.07) is 8.84. The number of carbonyl (C=O) groups is 3. The van der Waals surface area contributed by atoms with Gasteiger partial charge >= 0.3 is 12.2 Å². The zero-order valence-corrected chi connectivity index (χ0v) is 28.5. The van der Waals surface area contributed by atoms with Crippen LogP contribution in [0.4, 0.5) is 19.7 Å². The molecule has 2 aromatic carbocycles. The first-order valence-corrected chi connectivity index (χ1v) is 18.0. The van der Waals surface area contributed by atoms with Gasteiger partial charge in [0.25, 0.3) is 0 Å². The van der Waals surface area contributed by atoms with Crippen molar-refractivity contribution in [3.05, 3.63) is 64.4 Å². The number of nitrogens with zero attached hydrogens (tertiary/aromatic N) is 2. The van der Waals surface area contributed by atoms with Crippen molar-refractivity contribution >= 4 is 45.4 Å². The van der Waals surface area contributed by atoms with Crippen molar-refractivity contribution in [2.45, 2.75) is 74.7 Å². The standard InChI is InChI=1S/C33H42ClFN4O8S/c1-20-18-38(33(42)43)19-24(39(20)48(44,45)25-11-12-25)10-13-26-27(35)4-3-5-28(26)36-31(40)30(37-32(41)46-2)29(22-14-16-47-17-15-22)21-6-8-23(34)9-7-21/h3-9,20,22,24-25,29-30H,10-19H2,1-2H3,(H,36,40)(H,37,41)(H,42,43)/t20?,24?,29-,30-/m0/s1. The summed E-state index contributed by atoms with van der Waals surface area (Å²) in [6.45, 7) is 2.64. The lowest BCUT2D eigenvalue weighted by molar-refractivity contribution is -0.119. The van der Waals surface area contributed by atoms with Crippen molar-refractivity contribution < 1.29 is 41.8 Å². The molecule has 2 unspecified atom stereocenters. The molecule has 3 fully saturated rings. The van der Waals surface area contributed by atoms with E-state index in [0.717, 1.165) is 5.56 Å². The van der Waals surface area contributed by atoms with Crippen molar-refractivity contribution in [2.75, 3.05) is 38.7 Å². The van der Waals surface area contributed by atoms with Gasteiger partial charge in [-0.05, 0) is 81.2 Å². The summed E-state index contributed by atoms with van der Waals surface area (Å²) in [4.78, 5) is 39.8. The first kappa shape index (κ1) is 35.8. The molecule has 3 N–H and O–H groups in total. The van der Waals surface area contributed by atoms with Crippen LogP contribution in [-0.2, 0) is 30.7 Å². The van der Waals surface area contributed by atoms with E-state index in [2.05, 4.69) is 10.6 Å². The molecular formula is C33H42ClFN4O8S. The molecule has 1 saturated carbocycles. The fourth-order valence-electron chi connectivity index (χ4n) is 6.99. The maximum atomic E-state index is 15.5. The minimum absolute atomic E-state index is 0.0134. The maximum Gasteiger partial charge on any atom is 0.407 e. The fraction of sp³-hybridized carbons (Fsp3) is 0.545. The summed E-state index contributed by atoms with van der Waals surface area (Å²) in [5.41, 5.74) is 1.07. The van der Waals surface area contributed by atoms with Gasteiger partial charge in [0.05, 0.1) is 12.4 Å². The van der Waals surface area contributed by atoms with Crippen molar-refractivity contribution in [1.29, 1.82) is 0 Å². The van der Waals surface area contributed by atoms with Gasteiger partial charge in [0.2, 0.25) is 15.9 Å². The molecule has 2 heterocycles. The van der Waals surface area contributed by atoms with E-state index in [1.165, 1.54) is 28.4 Å². The molecule has 2 aliphatic heterocycles. The topological polar surface area (TPSA) is 155 Å². The molecule has 4 atom stereocenters. The van der Waals surface area contributed by atoms with Crippen LogP contribution >= 0.6 is 11.6 Å². The van der Waals surface area contributed by atoms with Gasteiger partial charge in [0, 0.05) is 60.6 Å². The normalized spacial score (nSPS) is 22.0. The van der Waals surface area contributed by atoms with E-state index in [0.29, 0.717) is 43.9 Å². The van der Waals surface area contributed by atoms with Crippen LogP contribution in [0.25, 0.3) is 0 Å². The zero-order chi connectivity index (χ0) is 34.6. The van der Waals surface area contributed by atoms with Crippen LogP contribution in [0, 0.1) is 11.7 Å². The molecule has 0 aromatic heterocycles. The van der Waals surface area contributed by atoms with Crippen LogP contribution in [0.3, 0.4) is 0 Å². The molecule has 15 heteroatoms. The Morgan fingerprint density at radius 3 is 2.40 bits per heavy atom. The highest BCUT2D eigenvalue weighted by atomic mass is 35.5. The third-order valence-electron chi connectivity index (χ3n) is 9.45. The molecule has 1 aliphatic carbocycles. The number of methoxy groups -OCH3 is 1. The number of nitrogens with one attached hydrogen (secondary N) is 2. The number of piperazine rings is 1. The number of anilines is 1. The van der Waals surface area contributed by atoms with Crippen molar-refractivity contribution in [3.8, 4) is 0 Å². The molecule has 262 valence electrons. The summed E-state index contributed by atoms with van der Waals surface area (Å²) in [6.07, 6.45) is 0.538. The average Bonchev–Trinajstić information content (AvgIpc) is 3.92. The number of amides is 3. The highest BCUT2D eigenvalue weighted by molar-refractivity contribution is 7.90. The number of halogens is 2. The zero-order valence-electron chi connectivity index (χ0n) is 26.9. The van der Waals surface area contributed by atoms with Crippen LogP contribution in [0.5, 0.6) is 0 Å². The van der Waals surface area contributed by atoms with E-state index >= 15 is 4.39 Å². The fourth-order valence-corrected chi connectivity index (χ4v) is 9.35. The van der Waals surface area contributed by atoms with E-state index in [4.69, 9.17) is 21.1 Å². The number of hydrogen-bond acceptors (Lipinski definition) is 7. The Hall–Kier alpha value is -3.46. The lowest BCUT2D eigenvalue weighted by Crippen LogP contribution is -2.61. The average molecular weight is 709 g/mol. The predicted octanol–water partition coefficient (Wildman–Crippen LogP) is 4.83. The molecule has 0 bridgehead atoms. The SMILES string of the molecule is COC(=O)N[C@H](C(=O)Nc1cccc(F)c1CCC1CN(C(=O)O)CC(C)N1S(=O)(=O)C1CC1)[C@@H](c1ccc(Cl)cc1)C1CCOCC1. The van der Waals surface area contributed by atoms with Crippen molar-refractivity contribution in [1.82, 2.24) is 14.5 Å². The Balaban J connectivity index is 1.43. The second-order valence-electron chi connectivity index (χ2n) is 12.7. The van der Waals surface area contributed by atoms with Gasteiger partial charge in [-0.3, -0.25) is 4.79 Å². The van der Waals surface area contributed by atoms with Crippen LogP contribution in [-0.4, -0.2) is 97.6 Å². The minimum Gasteiger partial charge on any atom is -0.465 e. The van der Waals surface area contributed by atoms with E-state index < -0.39 is 63.2 Å². The largest absolute Gasteiger partial charge is 0.465 e. The summed E-state index contributed by atoms with van der Waals surface area (Å²) in [5.74, 6) is -1.77. The van der Waals surface area contributed by atoms with Gasteiger partial charge in [-0.25, -0.2) is 22.4 Å². The molecule has 2 saturated heterocycles. The molecule has 3 amide bonds. The van der Waals surface area contributed by atoms with E-state index in [-0.39, 0.29) is 43.1 Å². The van der Waals surface area contributed by atoms with Gasteiger partial charge in [0.15, 0.2) is 0 Å². The lowest BCUT2D eigenvalue weighted by Gasteiger charge is -2.44.